The molecule has 0 unspecified atom stereocenters. The lowest BCUT2D eigenvalue weighted by atomic mass is 10.0. The molecule has 0 radical (unpaired) electrons. The maximum Gasteiger partial charge on any atom is 0.341 e. The van der Waals surface area contributed by atoms with Crippen LogP contribution in [-0.4, -0.2) is 42.2 Å². The number of hydrogen-bond donors (Lipinski definition) is 1. The first-order valence-corrected chi connectivity index (χ1v) is 12.5. The monoisotopic (exact) mass is 464 g/mol. The number of esters is 1. The van der Waals surface area contributed by atoms with Crippen molar-refractivity contribution in [3.63, 3.8) is 0 Å². The Labute approximate surface area is 191 Å². The van der Waals surface area contributed by atoms with Gasteiger partial charge in [-0.05, 0) is 68.3 Å². The normalized spacial score (nSPS) is 13.6. The van der Waals surface area contributed by atoms with Gasteiger partial charge in [0.2, 0.25) is 5.91 Å². The van der Waals surface area contributed by atoms with E-state index in [1.807, 2.05) is 0 Å². The molecule has 2 aromatic rings. The van der Waals surface area contributed by atoms with Crippen molar-refractivity contribution in [1.82, 2.24) is 4.90 Å². The maximum atomic E-state index is 13.0. The second kappa shape index (κ2) is 11.6. The van der Waals surface area contributed by atoms with E-state index in [2.05, 4.69) is 17.1 Å². The number of nitrogens with zero attached hydrogens (tertiary/aromatic N) is 1. The molecule has 1 aliphatic heterocycles. The molecule has 0 atom stereocenters. The molecule has 31 heavy (non-hydrogen) atoms. The van der Waals surface area contributed by atoms with Crippen molar-refractivity contribution in [2.45, 2.75) is 51.0 Å². The number of anilines is 1. The smallest absolute Gasteiger partial charge is 0.341 e. The third kappa shape index (κ3) is 6.54. The van der Waals surface area contributed by atoms with Crippen LogP contribution >= 0.6 is 23.1 Å². The first kappa shape index (κ1) is 23.8. The van der Waals surface area contributed by atoms with Gasteiger partial charge in [-0.3, -0.25) is 9.69 Å². The predicted octanol–water partition coefficient (Wildman–Crippen LogP) is 5.34. The van der Waals surface area contributed by atoms with E-state index in [0.29, 0.717) is 30.0 Å². The zero-order valence-electron chi connectivity index (χ0n) is 18.0. The molecule has 1 aliphatic rings. The molecule has 0 spiro atoms. The van der Waals surface area contributed by atoms with E-state index < -0.39 is 0 Å². The quantitative estimate of drug-likeness (QED) is 0.292. The summed E-state index contributed by atoms with van der Waals surface area (Å²) in [6, 6.07) is 6.35. The van der Waals surface area contributed by atoms with Gasteiger partial charge in [-0.15, -0.1) is 23.1 Å². The highest BCUT2D eigenvalue weighted by Gasteiger charge is 2.29. The number of benzene rings is 1. The third-order valence-corrected chi connectivity index (χ3v) is 7.27. The Morgan fingerprint density at radius 1 is 1.26 bits per heavy atom. The molecule has 1 aromatic heterocycles. The van der Waals surface area contributed by atoms with Gasteiger partial charge in [0.05, 0.1) is 12.2 Å². The molecular weight excluding hydrogens is 435 g/mol. The van der Waals surface area contributed by atoms with Gasteiger partial charge in [0.25, 0.3) is 0 Å². The highest BCUT2D eigenvalue weighted by molar-refractivity contribution is 7.99. The maximum absolute atomic E-state index is 13.0. The van der Waals surface area contributed by atoms with Crippen molar-refractivity contribution in [3.05, 3.63) is 46.1 Å². The van der Waals surface area contributed by atoms with Gasteiger partial charge < -0.3 is 10.1 Å². The molecular formula is C23H29FN2O3S2. The number of rotatable bonds is 10. The largest absolute Gasteiger partial charge is 0.462 e. The SMILES string of the molecule is CCCN1CCc2c(sc(NC(=O)CCCSc3ccc(F)cc3)c2C(=O)OCC)C1. The summed E-state index contributed by atoms with van der Waals surface area (Å²) in [7, 11) is 0. The highest BCUT2D eigenvalue weighted by atomic mass is 32.2. The van der Waals surface area contributed by atoms with Crippen LogP contribution in [0.5, 0.6) is 0 Å². The van der Waals surface area contributed by atoms with Crippen molar-refractivity contribution in [2.75, 3.05) is 30.8 Å². The van der Waals surface area contributed by atoms with E-state index >= 15 is 0 Å². The highest BCUT2D eigenvalue weighted by Crippen LogP contribution is 2.38. The van der Waals surface area contributed by atoms with E-state index in [4.69, 9.17) is 4.74 Å². The second-order valence-corrected chi connectivity index (χ2v) is 9.68. The number of thiophene rings is 1. The van der Waals surface area contributed by atoms with Crippen LogP contribution in [0, 0.1) is 5.82 Å². The molecule has 3 rings (SSSR count). The number of ether oxygens (including phenoxy) is 1. The van der Waals surface area contributed by atoms with E-state index in [0.717, 1.165) is 53.6 Å². The van der Waals surface area contributed by atoms with Crippen LogP contribution in [0.15, 0.2) is 29.2 Å². The number of carbonyl (C=O) groups excluding carboxylic acids is 2. The van der Waals surface area contributed by atoms with Crippen molar-refractivity contribution in [1.29, 1.82) is 0 Å². The molecule has 168 valence electrons. The summed E-state index contributed by atoms with van der Waals surface area (Å²) in [5.74, 6) is 0.0504. The Hall–Kier alpha value is -1.90. The number of thioether (sulfide) groups is 1. The Bertz CT molecular complexity index is 899. The lowest BCUT2D eigenvalue weighted by molar-refractivity contribution is -0.116. The Morgan fingerprint density at radius 2 is 2.03 bits per heavy atom. The third-order valence-electron chi connectivity index (χ3n) is 5.04. The van der Waals surface area contributed by atoms with Crippen molar-refractivity contribution < 1.29 is 18.7 Å². The average Bonchev–Trinajstić information content (AvgIpc) is 3.10. The van der Waals surface area contributed by atoms with Crippen LogP contribution in [-0.2, 0) is 22.5 Å². The van der Waals surface area contributed by atoms with Gasteiger partial charge in [-0.2, -0.15) is 0 Å². The zero-order chi connectivity index (χ0) is 22.2. The summed E-state index contributed by atoms with van der Waals surface area (Å²) in [5, 5.41) is 3.57. The summed E-state index contributed by atoms with van der Waals surface area (Å²) < 4.78 is 18.3. The van der Waals surface area contributed by atoms with Gasteiger partial charge in [0.15, 0.2) is 0 Å². The summed E-state index contributed by atoms with van der Waals surface area (Å²) >= 11 is 3.09. The molecule has 0 fully saturated rings. The minimum Gasteiger partial charge on any atom is -0.462 e. The Morgan fingerprint density at radius 3 is 2.74 bits per heavy atom. The van der Waals surface area contributed by atoms with Gasteiger partial charge in [-0.25, -0.2) is 9.18 Å². The lowest BCUT2D eigenvalue weighted by Crippen LogP contribution is -2.30. The molecule has 2 heterocycles. The molecule has 8 heteroatoms. The summed E-state index contributed by atoms with van der Waals surface area (Å²) in [6.07, 6.45) is 2.94. The van der Waals surface area contributed by atoms with E-state index in [1.165, 1.54) is 23.5 Å². The van der Waals surface area contributed by atoms with Crippen LogP contribution in [0.1, 0.15) is 53.9 Å². The van der Waals surface area contributed by atoms with Crippen LogP contribution < -0.4 is 5.32 Å². The fraction of sp³-hybridized carbons (Fsp3) is 0.478. The predicted molar refractivity (Wildman–Crippen MR) is 125 cm³/mol. The van der Waals surface area contributed by atoms with Crippen molar-refractivity contribution in [2.24, 2.45) is 0 Å². The minimum atomic E-state index is -0.355. The standard InChI is InChI=1S/C23H29FN2O3S2/c1-3-12-26-13-11-18-19(15-26)31-22(21(18)23(28)29-4-2)25-20(27)6-5-14-30-17-9-7-16(24)8-10-17/h7-10H,3-6,11-15H2,1-2H3,(H,25,27). The number of amides is 1. The first-order valence-electron chi connectivity index (χ1n) is 10.7. The van der Waals surface area contributed by atoms with Crippen molar-refractivity contribution in [3.8, 4) is 0 Å². The number of carbonyl (C=O) groups is 2. The molecule has 5 nitrogen and oxygen atoms in total. The zero-order valence-corrected chi connectivity index (χ0v) is 19.7. The van der Waals surface area contributed by atoms with Crippen LogP contribution in [0.25, 0.3) is 0 Å². The lowest BCUT2D eigenvalue weighted by Gasteiger charge is -2.26. The summed E-state index contributed by atoms with van der Waals surface area (Å²) in [5.41, 5.74) is 1.56. The minimum absolute atomic E-state index is 0.103. The molecule has 0 bridgehead atoms. The van der Waals surface area contributed by atoms with Crippen LogP contribution in [0.2, 0.25) is 0 Å². The second-order valence-electron chi connectivity index (χ2n) is 7.41. The van der Waals surface area contributed by atoms with Gasteiger partial charge in [0.1, 0.15) is 10.8 Å². The Balaban J connectivity index is 1.60. The number of nitrogens with one attached hydrogen (secondary N) is 1. The first-order chi connectivity index (χ1) is 15.0. The average molecular weight is 465 g/mol. The van der Waals surface area contributed by atoms with Gasteiger partial charge in [0, 0.05) is 29.3 Å². The van der Waals surface area contributed by atoms with E-state index in [-0.39, 0.29) is 17.7 Å². The van der Waals surface area contributed by atoms with Gasteiger partial charge >= 0.3 is 5.97 Å². The van der Waals surface area contributed by atoms with E-state index in [1.54, 1.807) is 30.8 Å². The van der Waals surface area contributed by atoms with Crippen LogP contribution in [0.4, 0.5) is 9.39 Å². The molecule has 1 aromatic carbocycles. The molecule has 0 saturated heterocycles. The molecule has 1 N–H and O–H groups in total. The summed E-state index contributed by atoms with van der Waals surface area (Å²) in [4.78, 5) is 29.7. The number of halogens is 1. The summed E-state index contributed by atoms with van der Waals surface area (Å²) in [6.45, 7) is 7.01. The van der Waals surface area contributed by atoms with Crippen molar-refractivity contribution >= 4 is 40.0 Å². The molecule has 1 amide bonds. The molecule has 0 saturated carbocycles. The van der Waals surface area contributed by atoms with Crippen LogP contribution in [0.3, 0.4) is 0 Å². The number of hydrogen-bond acceptors (Lipinski definition) is 6. The van der Waals surface area contributed by atoms with Gasteiger partial charge in [-0.1, -0.05) is 6.92 Å². The Kier molecular flexibility index (Phi) is 8.92. The fourth-order valence-corrected chi connectivity index (χ4v) is 5.76. The topological polar surface area (TPSA) is 58.6 Å². The molecule has 0 aliphatic carbocycles. The fourth-order valence-electron chi connectivity index (χ4n) is 3.61. The number of fused-ring (bicyclic) bond motifs is 1. The van der Waals surface area contributed by atoms with E-state index in [9.17, 15) is 14.0 Å².